The van der Waals surface area contributed by atoms with E-state index in [-0.39, 0.29) is 5.33 Å². The summed E-state index contributed by atoms with van der Waals surface area (Å²) in [6, 6.07) is 0. The first-order chi connectivity index (χ1) is 4.31. The van der Waals surface area contributed by atoms with E-state index in [1.165, 1.54) is 0 Å². The average Bonchev–Trinajstić information content (AvgIpc) is 1.61. The van der Waals surface area contributed by atoms with Crippen LogP contribution < -0.4 is 0 Å². The zero-order chi connectivity index (χ0) is 8.41. The Morgan fingerprint density at radius 1 is 1.20 bits per heavy atom. The Morgan fingerprint density at radius 2 is 1.60 bits per heavy atom. The summed E-state index contributed by atoms with van der Waals surface area (Å²) in [7, 11) is 0. The lowest BCUT2D eigenvalue weighted by Gasteiger charge is -2.21. The maximum Gasteiger partial charge on any atom is 0.369 e. The van der Waals surface area contributed by atoms with Crippen molar-refractivity contribution in [2.45, 2.75) is 16.9 Å². The molecule has 0 aliphatic heterocycles. The fraction of sp³-hybridized carbons (Fsp3) is 1.00. The number of halogens is 6. The SMILES string of the molecule is FC(F)(Cl)C(F)(Cl)CCBr. The molecule has 1 atom stereocenters. The van der Waals surface area contributed by atoms with Crippen LogP contribution in [0.5, 0.6) is 0 Å². The number of alkyl halides is 6. The fourth-order valence-electron chi connectivity index (χ4n) is 0.260. The van der Waals surface area contributed by atoms with Gasteiger partial charge in [-0.1, -0.05) is 27.5 Å². The van der Waals surface area contributed by atoms with Crippen molar-refractivity contribution in [1.82, 2.24) is 0 Å². The van der Waals surface area contributed by atoms with Crippen molar-refractivity contribution in [2.24, 2.45) is 0 Å². The van der Waals surface area contributed by atoms with Crippen LogP contribution in [-0.2, 0) is 0 Å². The Labute approximate surface area is 74.8 Å². The van der Waals surface area contributed by atoms with E-state index in [1.807, 2.05) is 0 Å². The third kappa shape index (κ3) is 2.84. The van der Waals surface area contributed by atoms with Gasteiger partial charge in [-0.05, 0) is 11.6 Å². The topological polar surface area (TPSA) is 0 Å². The highest BCUT2D eigenvalue weighted by molar-refractivity contribution is 9.09. The molecule has 0 rings (SSSR count). The van der Waals surface area contributed by atoms with Gasteiger partial charge in [-0.15, -0.1) is 0 Å². The second kappa shape index (κ2) is 3.50. The first kappa shape index (κ1) is 10.8. The summed E-state index contributed by atoms with van der Waals surface area (Å²) >= 11 is 11.8. The molecule has 0 amide bonds. The number of rotatable bonds is 3. The van der Waals surface area contributed by atoms with Gasteiger partial charge in [0.1, 0.15) is 0 Å². The molecular weight excluding hydrogens is 256 g/mol. The standard InChI is InChI=1S/C4H4BrCl2F3/c5-2-1-3(6,8)4(7,9)10/h1-2H2. The lowest BCUT2D eigenvalue weighted by atomic mass is 10.3. The minimum absolute atomic E-state index is 0.0370. The molecule has 0 heterocycles. The molecule has 0 fully saturated rings. The molecule has 0 aromatic heterocycles. The smallest absolute Gasteiger partial charge is 0.218 e. The van der Waals surface area contributed by atoms with Crippen molar-refractivity contribution >= 4 is 39.1 Å². The first-order valence-electron chi connectivity index (χ1n) is 2.32. The molecule has 0 saturated heterocycles. The largest absolute Gasteiger partial charge is 0.369 e. The summed E-state index contributed by atoms with van der Waals surface area (Å²) in [5, 5.41) is -7.13. The molecule has 62 valence electrons. The highest BCUT2D eigenvalue weighted by atomic mass is 79.9. The highest BCUT2D eigenvalue weighted by Crippen LogP contribution is 2.42. The summed E-state index contributed by atoms with van der Waals surface area (Å²) in [6.45, 7) is 0. The highest BCUT2D eigenvalue weighted by Gasteiger charge is 2.51. The summed E-state index contributed by atoms with van der Waals surface area (Å²) < 4.78 is 36.3. The Hall–Kier alpha value is 0.850. The number of hydrogen-bond donors (Lipinski definition) is 0. The summed E-state index contributed by atoms with van der Waals surface area (Å²) in [5.41, 5.74) is 0. The van der Waals surface area contributed by atoms with Crippen LogP contribution in [-0.4, -0.2) is 15.8 Å². The maximum absolute atomic E-state index is 12.5. The zero-order valence-corrected chi connectivity index (χ0v) is 7.78. The third-order valence-electron chi connectivity index (χ3n) is 0.823. The van der Waals surface area contributed by atoms with Gasteiger partial charge in [0.25, 0.3) is 5.13 Å². The minimum Gasteiger partial charge on any atom is -0.218 e. The van der Waals surface area contributed by atoms with Gasteiger partial charge in [-0.3, -0.25) is 0 Å². The molecule has 6 heteroatoms. The van der Waals surface area contributed by atoms with Gasteiger partial charge in [0.05, 0.1) is 0 Å². The van der Waals surface area contributed by atoms with Crippen molar-refractivity contribution in [3.63, 3.8) is 0 Å². The summed E-state index contributed by atoms with van der Waals surface area (Å²) in [4.78, 5) is 0. The maximum atomic E-state index is 12.5. The van der Waals surface area contributed by atoms with Gasteiger partial charge in [0.2, 0.25) is 0 Å². The summed E-state index contributed by atoms with van der Waals surface area (Å²) in [5.74, 6) is 0. The fourth-order valence-corrected chi connectivity index (χ4v) is 1.22. The summed E-state index contributed by atoms with van der Waals surface area (Å²) in [6.07, 6.45) is -0.537. The Kier molecular flexibility index (Phi) is 3.80. The normalized spacial score (nSPS) is 18.6. The van der Waals surface area contributed by atoms with Crippen LogP contribution in [0.25, 0.3) is 0 Å². The van der Waals surface area contributed by atoms with Crippen LogP contribution in [0.2, 0.25) is 0 Å². The van der Waals surface area contributed by atoms with Crippen molar-refractivity contribution in [2.75, 3.05) is 5.33 Å². The Bertz CT molecular complexity index is 112. The molecule has 0 saturated carbocycles. The van der Waals surface area contributed by atoms with Crippen LogP contribution in [0, 0.1) is 0 Å². The van der Waals surface area contributed by atoms with E-state index in [2.05, 4.69) is 27.5 Å². The van der Waals surface area contributed by atoms with Gasteiger partial charge in [-0.2, -0.15) is 8.78 Å². The van der Waals surface area contributed by atoms with Gasteiger partial charge in [0, 0.05) is 11.8 Å². The Morgan fingerprint density at radius 3 is 1.70 bits per heavy atom. The van der Waals surface area contributed by atoms with Crippen molar-refractivity contribution in [1.29, 1.82) is 0 Å². The van der Waals surface area contributed by atoms with Gasteiger partial charge >= 0.3 is 5.38 Å². The molecular formula is C4H4BrCl2F3. The van der Waals surface area contributed by atoms with Crippen molar-refractivity contribution < 1.29 is 13.2 Å². The lowest BCUT2D eigenvalue weighted by Crippen LogP contribution is -2.34. The van der Waals surface area contributed by atoms with Gasteiger partial charge < -0.3 is 0 Å². The van der Waals surface area contributed by atoms with Crippen LogP contribution in [0.15, 0.2) is 0 Å². The Balaban J connectivity index is 4.10. The molecule has 0 aromatic rings. The van der Waals surface area contributed by atoms with E-state index in [0.29, 0.717) is 0 Å². The van der Waals surface area contributed by atoms with E-state index >= 15 is 0 Å². The lowest BCUT2D eigenvalue weighted by molar-refractivity contribution is -0.0206. The molecule has 10 heavy (non-hydrogen) atoms. The van der Waals surface area contributed by atoms with Crippen LogP contribution >= 0.6 is 39.1 Å². The predicted molar refractivity (Wildman–Crippen MR) is 38.9 cm³/mol. The molecule has 0 spiro atoms. The minimum atomic E-state index is -4.01. The molecule has 0 aliphatic carbocycles. The van der Waals surface area contributed by atoms with E-state index in [4.69, 9.17) is 11.6 Å². The van der Waals surface area contributed by atoms with E-state index < -0.39 is 16.9 Å². The third-order valence-corrected chi connectivity index (χ3v) is 2.04. The second-order valence-corrected chi connectivity index (χ2v) is 3.51. The van der Waals surface area contributed by atoms with Crippen LogP contribution in [0.4, 0.5) is 13.2 Å². The van der Waals surface area contributed by atoms with Gasteiger partial charge in [-0.25, -0.2) is 4.39 Å². The van der Waals surface area contributed by atoms with Crippen LogP contribution in [0.3, 0.4) is 0 Å². The quantitative estimate of drug-likeness (QED) is 0.681. The van der Waals surface area contributed by atoms with Gasteiger partial charge in [0.15, 0.2) is 0 Å². The molecule has 0 bridgehead atoms. The van der Waals surface area contributed by atoms with E-state index in [1.54, 1.807) is 0 Å². The second-order valence-electron chi connectivity index (χ2n) is 1.64. The van der Waals surface area contributed by atoms with Crippen molar-refractivity contribution in [3.05, 3.63) is 0 Å². The number of hydrogen-bond acceptors (Lipinski definition) is 0. The molecule has 1 unspecified atom stereocenters. The molecule has 0 aliphatic rings. The average molecular weight is 260 g/mol. The molecule has 0 N–H and O–H groups in total. The first-order valence-corrected chi connectivity index (χ1v) is 4.19. The molecule has 0 radical (unpaired) electrons. The zero-order valence-electron chi connectivity index (χ0n) is 4.68. The monoisotopic (exact) mass is 258 g/mol. The van der Waals surface area contributed by atoms with E-state index in [9.17, 15) is 13.2 Å². The van der Waals surface area contributed by atoms with Crippen LogP contribution in [0.1, 0.15) is 6.42 Å². The van der Waals surface area contributed by atoms with E-state index in [0.717, 1.165) is 0 Å². The predicted octanol–water partition coefficient (Wildman–Crippen LogP) is 3.51. The molecule has 0 nitrogen and oxygen atoms in total. The molecule has 0 aromatic carbocycles. The van der Waals surface area contributed by atoms with Crippen molar-refractivity contribution in [3.8, 4) is 0 Å².